The van der Waals surface area contributed by atoms with Crippen LogP contribution in [-0.2, 0) is 14.3 Å². The quantitative estimate of drug-likeness (QED) is 0.314. The minimum Gasteiger partial charge on any atom is -0.432 e. The van der Waals surface area contributed by atoms with E-state index in [4.69, 9.17) is 15.3 Å². The largest absolute Gasteiger partial charge is 0.432 e. The Labute approximate surface area is 118 Å². The number of hydrogen-bond acceptors (Lipinski definition) is 6. The summed E-state index contributed by atoms with van der Waals surface area (Å²) < 4.78 is 4.33. The summed E-state index contributed by atoms with van der Waals surface area (Å²) in [5.41, 5.74) is 0.380. The first-order valence-corrected chi connectivity index (χ1v) is 6.02. The van der Waals surface area contributed by atoms with Crippen molar-refractivity contribution in [3.05, 3.63) is 25.0 Å². The molecule has 1 amide bonds. The van der Waals surface area contributed by atoms with Gasteiger partial charge in [-0.2, -0.15) is 0 Å². The lowest BCUT2D eigenvalue weighted by atomic mass is 10.4. The molecule has 0 saturated carbocycles. The first-order chi connectivity index (χ1) is 9.38. The van der Waals surface area contributed by atoms with E-state index in [1.54, 1.807) is 6.92 Å². The molecule has 1 aliphatic heterocycles. The van der Waals surface area contributed by atoms with E-state index in [0.29, 0.717) is 5.57 Å². The molecule has 7 heteroatoms. The summed E-state index contributed by atoms with van der Waals surface area (Å²) in [5, 5.41) is 26.7. The normalized spacial score (nSPS) is 12.3. The van der Waals surface area contributed by atoms with Crippen LogP contribution in [0.25, 0.3) is 0 Å². The number of ether oxygens (including phenoxy) is 1. The Hall–Kier alpha value is -1.70. The van der Waals surface area contributed by atoms with Gasteiger partial charge in [-0.3, -0.25) is 4.79 Å². The van der Waals surface area contributed by atoms with Crippen molar-refractivity contribution in [2.24, 2.45) is 0 Å². The first-order valence-electron chi connectivity index (χ1n) is 6.02. The van der Waals surface area contributed by atoms with Crippen LogP contribution in [0.1, 0.15) is 19.8 Å². The molecule has 1 saturated heterocycles. The summed E-state index contributed by atoms with van der Waals surface area (Å²) in [6.45, 7) is 8.28. The number of carbonyl (C=O) groups is 2. The van der Waals surface area contributed by atoms with Crippen molar-refractivity contribution in [3.63, 3.8) is 0 Å². The standard InChI is InChI=1S/C6H8O2.C4H7NO.C3H8O3/c1-4-8-6(7)5(2)3;6-4-2-1-3-5-4;4-1-3(6)2-5/h4H,1-2H2,3H3;1-3H2,(H,5,6);3-6H,1-2H2. The molecule has 0 aliphatic carbocycles. The zero-order valence-corrected chi connectivity index (χ0v) is 11.7. The molecular formula is C13H23NO6. The highest BCUT2D eigenvalue weighted by atomic mass is 16.5. The van der Waals surface area contributed by atoms with Crippen molar-refractivity contribution in [2.75, 3.05) is 19.8 Å². The molecule has 0 aromatic carbocycles. The molecule has 0 atom stereocenters. The molecule has 0 bridgehead atoms. The maximum Gasteiger partial charge on any atom is 0.337 e. The molecule has 0 radical (unpaired) electrons. The zero-order valence-electron chi connectivity index (χ0n) is 11.7. The van der Waals surface area contributed by atoms with Gasteiger partial charge in [0, 0.05) is 18.5 Å². The molecule has 0 unspecified atom stereocenters. The van der Waals surface area contributed by atoms with E-state index >= 15 is 0 Å². The minimum atomic E-state index is -0.954. The van der Waals surface area contributed by atoms with E-state index in [-0.39, 0.29) is 19.1 Å². The highest BCUT2D eigenvalue weighted by Gasteiger charge is 2.05. The van der Waals surface area contributed by atoms with Crippen LogP contribution in [0.2, 0.25) is 0 Å². The molecular weight excluding hydrogens is 266 g/mol. The Morgan fingerprint density at radius 3 is 2.15 bits per heavy atom. The van der Waals surface area contributed by atoms with Crippen LogP contribution in [0.4, 0.5) is 0 Å². The smallest absolute Gasteiger partial charge is 0.337 e. The van der Waals surface area contributed by atoms with E-state index in [1.165, 1.54) is 0 Å². The number of aliphatic hydroxyl groups excluding tert-OH is 3. The predicted molar refractivity (Wildman–Crippen MR) is 73.5 cm³/mol. The van der Waals surface area contributed by atoms with Gasteiger partial charge >= 0.3 is 5.97 Å². The van der Waals surface area contributed by atoms with Crippen molar-refractivity contribution < 1.29 is 29.6 Å². The molecule has 116 valence electrons. The molecule has 1 rings (SSSR count). The summed E-state index contributed by atoms with van der Waals surface area (Å²) in [5.74, 6) is -0.227. The average molecular weight is 289 g/mol. The Balaban J connectivity index is 0. The highest BCUT2D eigenvalue weighted by Crippen LogP contribution is 1.93. The Bertz CT molecular complexity index is 304. The van der Waals surface area contributed by atoms with Crippen LogP contribution in [0.3, 0.4) is 0 Å². The minimum absolute atomic E-state index is 0.204. The van der Waals surface area contributed by atoms with E-state index in [0.717, 1.165) is 25.6 Å². The van der Waals surface area contributed by atoms with Gasteiger partial charge in [0.15, 0.2) is 0 Å². The molecule has 4 N–H and O–H groups in total. The van der Waals surface area contributed by atoms with Crippen LogP contribution >= 0.6 is 0 Å². The van der Waals surface area contributed by atoms with Gasteiger partial charge in [0.1, 0.15) is 6.10 Å². The molecule has 0 aromatic heterocycles. The molecule has 0 spiro atoms. The molecule has 20 heavy (non-hydrogen) atoms. The third kappa shape index (κ3) is 14.4. The van der Waals surface area contributed by atoms with Gasteiger partial charge < -0.3 is 25.4 Å². The molecule has 1 aliphatic rings. The van der Waals surface area contributed by atoms with Gasteiger partial charge in [0.25, 0.3) is 0 Å². The lowest BCUT2D eigenvalue weighted by Crippen LogP contribution is -2.15. The lowest BCUT2D eigenvalue weighted by molar-refractivity contribution is -0.133. The maximum atomic E-state index is 10.3. The van der Waals surface area contributed by atoms with Crippen LogP contribution in [0.15, 0.2) is 25.0 Å². The van der Waals surface area contributed by atoms with Crippen LogP contribution in [0.5, 0.6) is 0 Å². The van der Waals surface area contributed by atoms with Gasteiger partial charge in [0.05, 0.1) is 19.5 Å². The SMILES string of the molecule is C=COC(=O)C(=C)C.O=C1CCCN1.OCC(O)CO. The van der Waals surface area contributed by atoms with E-state index < -0.39 is 12.1 Å². The maximum absolute atomic E-state index is 10.3. The Morgan fingerprint density at radius 2 is 2.05 bits per heavy atom. The summed E-state index contributed by atoms with van der Waals surface area (Å²) in [4.78, 5) is 20.5. The summed E-state index contributed by atoms with van der Waals surface area (Å²) in [7, 11) is 0. The van der Waals surface area contributed by atoms with Crippen LogP contribution < -0.4 is 5.32 Å². The van der Waals surface area contributed by atoms with Gasteiger partial charge in [-0.15, -0.1) is 0 Å². The van der Waals surface area contributed by atoms with Gasteiger partial charge in [-0.05, 0) is 13.3 Å². The summed E-state index contributed by atoms with van der Waals surface area (Å²) in [6, 6.07) is 0. The second-order valence-corrected chi connectivity index (χ2v) is 3.82. The second-order valence-electron chi connectivity index (χ2n) is 3.82. The molecule has 1 fully saturated rings. The number of hydrogen-bond donors (Lipinski definition) is 4. The lowest BCUT2D eigenvalue weighted by Gasteiger charge is -1.96. The molecule has 7 nitrogen and oxygen atoms in total. The van der Waals surface area contributed by atoms with Crippen molar-refractivity contribution in [1.82, 2.24) is 5.32 Å². The van der Waals surface area contributed by atoms with Crippen LogP contribution in [-0.4, -0.2) is 53.1 Å². The number of amides is 1. The van der Waals surface area contributed by atoms with Gasteiger partial charge in [-0.1, -0.05) is 13.2 Å². The molecule has 1 heterocycles. The Morgan fingerprint density at radius 1 is 1.50 bits per heavy atom. The van der Waals surface area contributed by atoms with Crippen molar-refractivity contribution in [2.45, 2.75) is 25.9 Å². The first kappa shape index (κ1) is 20.6. The number of carbonyl (C=O) groups excluding carboxylic acids is 2. The van der Waals surface area contributed by atoms with E-state index in [9.17, 15) is 9.59 Å². The zero-order chi connectivity index (χ0) is 16.0. The van der Waals surface area contributed by atoms with Crippen molar-refractivity contribution in [1.29, 1.82) is 0 Å². The number of nitrogens with one attached hydrogen (secondary N) is 1. The number of rotatable bonds is 4. The van der Waals surface area contributed by atoms with E-state index in [1.807, 2.05) is 0 Å². The third-order valence-electron chi connectivity index (χ3n) is 1.86. The van der Waals surface area contributed by atoms with E-state index in [2.05, 4.69) is 23.2 Å². The predicted octanol–water partition coefficient (Wildman–Crippen LogP) is -0.522. The molecule has 0 aromatic rings. The van der Waals surface area contributed by atoms with Crippen molar-refractivity contribution >= 4 is 11.9 Å². The summed E-state index contributed by atoms with van der Waals surface area (Å²) >= 11 is 0. The fourth-order valence-electron chi connectivity index (χ4n) is 0.799. The van der Waals surface area contributed by atoms with Crippen molar-refractivity contribution in [3.8, 4) is 0 Å². The third-order valence-corrected chi connectivity index (χ3v) is 1.86. The Kier molecular flexibility index (Phi) is 14.1. The fraction of sp³-hybridized carbons (Fsp3) is 0.538. The van der Waals surface area contributed by atoms with Gasteiger partial charge in [-0.25, -0.2) is 4.79 Å². The average Bonchev–Trinajstić information content (AvgIpc) is 2.90. The number of aliphatic hydroxyl groups is 3. The van der Waals surface area contributed by atoms with Crippen LogP contribution in [0, 0.1) is 0 Å². The second kappa shape index (κ2) is 13.7. The topological polar surface area (TPSA) is 116 Å². The monoisotopic (exact) mass is 289 g/mol. The fourth-order valence-corrected chi connectivity index (χ4v) is 0.799. The number of esters is 1. The summed E-state index contributed by atoms with van der Waals surface area (Å²) in [6.07, 6.45) is 1.89. The highest BCUT2D eigenvalue weighted by molar-refractivity contribution is 5.87. The van der Waals surface area contributed by atoms with Gasteiger partial charge in [0.2, 0.25) is 5.91 Å².